The Labute approximate surface area is 94.3 Å². The minimum atomic E-state index is -0.729. The number of hydrogen-bond acceptors (Lipinski definition) is 5. The monoisotopic (exact) mass is 231 g/mol. The SMILES string of the molecule is CC(=O)NC(C(=O)OCOC(C)=O)C(C)C. The van der Waals surface area contributed by atoms with Gasteiger partial charge in [-0.05, 0) is 5.92 Å². The highest BCUT2D eigenvalue weighted by Crippen LogP contribution is 2.04. The smallest absolute Gasteiger partial charge is 0.331 e. The van der Waals surface area contributed by atoms with E-state index in [0.717, 1.165) is 0 Å². The van der Waals surface area contributed by atoms with Crippen LogP contribution < -0.4 is 5.32 Å². The predicted octanol–water partition coefficient (Wildman–Crippen LogP) is 0.211. The summed E-state index contributed by atoms with van der Waals surface area (Å²) in [6, 6.07) is -0.729. The Morgan fingerprint density at radius 2 is 1.69 bits per heavy atom. The first-order valence-electron chi connectivity index (χ1n) is 4.91. The Hall–Kier alpha value is -1.59. The summed E-state index contributed by atoms with van der Waals surface area (Å²) in [6.45, 7) is 5.63. The van der Waals surface area contributed by atoms with E-state index in [1.54, 1.807) is 13.8 Å². The van der Waals surface area contributed by atoms with Crippen LogP contribution in [0.1, 0.15) is 27.7 Å². The largest absolute Gasteiger partial charge is 0.428 e. The van der Waals surface area contributed by atoms with Crippen molar-refractivity contribution in [2.75, 3.05) is 6.79 Å². The van der Waals surface area contributed by atoms with Gasteiger partial charge in [-0.2, -0.15) is 0 Å². The van der Waals surface area contributed by atoms with Crippen molar-refractivity contribution in [3.05, 3.63) is 0 Å². The van der Waals surface area contributed by atoms with Crippen molar-refractivity contribution in [2.24, 2.45) is 5.92 Å². The molecule has 0 radical (unpaired) electrons. The van der Waals surface area contributed by atoms with Gasteiger partial charge in [0.15, 0.2) is 0 Å². The molecule has 1 atom stereocenters. The van der Waals surface area contributed by atoms with Gasteiger partial charge in [0.05, 0.1) is 0 Å². The number of ether oxygens (including phenoxy) is 2. The molecule has 92 valence electrons. The van der Waals surface area contributed by atoms with Crippen molar-refractivity contribution in [3.8, 4) is 0 Å². The van der Waals surface area contributed by atoms with E-state index < -0.39 is 24.8 Å². The lowest BCUT2D eigenvalue weighted by molar-refractivity contribution is -0.168. The van der Waals surface area contributed by atoms with Crippen LogP contribution in [-0.4, -0.2) is 30.7 Å². The quantitative estimate of drug-likeness (QED) is 0.540. The average molecular weight is 231 g/mol. The maximum atomic E-state index is 11.5. The van der Waals surface area contributed by atoms with Gasteiger partial charge in [-0.25, -0.2) is 4.79 Å². The van der Waals surface area contributed by atoms with Gasteiger partial charge in [-0.3, -0.25) is 9.59 Å². The first-order chi connectivity index (χ1) is 7.34. The van der Waals surface area contributed by atoms with Crippen LogP contribution in [0.4, 0.5) is 0 Å². The maximum absolute atomic E-state index is 11.5. The van der Waals surface area contributed by atoms with Crippen molar-refractivity contribution < 1.29 is 23.9 Å². The van der Waals surface area contributed by atoms with Crippen LogP contribution in [0, 0.1) is 5.92 Å². The Balaban J connectivity index is 4.17. The molecule has 0 aliphatic rings. The van der Waals surface area contributed by atoms with Crippen molar-refractivity contribution in [3.63, 3.8) is 0 Å². The summed E-state index contributed by atoms with van der Waals surface area (Å²) in [4.78, 5) is 32.7. The average Bonchev–Trinajstić information content (AvgIpc) is 2.12. The first kappa shape index (κ1) is 14.4. The standard InChI is InChI=1S/C10H17NO5/c1-6(2)9(11-7(3)12)10(14)16-5-15-8(4)13/h6,9H,5H2,1-4H3,(H,11,12). The molecule has 0 rings (SSSR count). The van der Waals surface area contributed by atoms with Gasteiger partial charge in [0, 0.05) is 13.8 Å². The summed E-state index contributed by atoms with van der Waals surface area (Å²) >= 11 is 0. The van der Waals surface area contributed by atoms with Gasteiger partial charge in [-0.1, -0.05) is 13.8 Å². The highest BCUT2D eigenvalue weighted by atomic mass is 16.7. The highest BCUT2D eigenvalue weighted by Gasteiger charge is 2.24. The van der Waals surface area contributed by atoms with Crippen LogP contribution in [0.2, 0.25) is 0 Å². The number of amides is 1. The predicted molar refractivity (Wildman–Crippen MR) is 55.2 cm³/mol. The van der Waals surface area contributed by atoms with E-state index in [9.17, 15) is 14.4 Å². The molecule has 0 aromatic rings. The van der Waals surface area contributed by atoms with Crippen LogP contribution in [0.15, 0.2) is 0 Å². The van der Waals surface area contributed by atoms with E-state index in [0.29, 0.717) is 0 Å². The topological polar surface area (TPSA) is 81.7 Å². The zero-order chi connectivity index (χ0) is 12.7. The van der Waals surface area contributed by atoms with Crippen LogP contribution in [0.3, 0.4) is 0 Å². The fourth-order valence-corrected chi connectivity index (χ4v) is 0.977. The summed E-state index contributed by atoms with van der Waals surface area (Å²) in [6.07, 6.45) is 0. The fourth-order valence-electron chi connectivity index (χ4n) is 0.977. The number of rotatable bonds is 5. The van der Waals surface area contributed by atoms with E-state index in [4.69, 9.17) is 0 Å². The molecule has 0 bridgehead atoms. The molecule has 1 unspecified atom stereocenters. The summed E-state index contributed by atoms with van der Waals surface area (Å²) in [7, 11) is 0. The van der Waals surface area contributed by atoms with E-state index in [1.807, 2.05) is 0 Å². The Morgan fingerprint density at radius 1 is 1.12 bits per heavy atom. The molecule has 0 fully saturated rings. The first-order valence-corrected chi connectivity index (χ1v) is 4.91. The highest BCUT2D eigenvalue weighted by molar-refractivity contribution is 5.83. The Kier molecular flexibility index (Phi) is 6.14. The van der Waals surface area contributed by atoms with E-state index >= 15 is 0 Å². The second kappa shape index (κ2) is 6.81. The third-order valence-corrected chi connectivity index (χ3v) is 1.74. The van der Waals surface area contributed by atoms with Crippen molar-refractivity contribution in [1.29, 1.82) is 0 Å². The molecule has 1 N–H and O–H groups in total. The van der Waals surface area contributed by atoms with Gasteiger partial charge in [0.1, 0.15) is 6.04 Å². The molecule has 0 spiro atoms. The lowest BCUT2D eigenvalue weighted by Crippen LogP contribution is -2.44. The Morgan fingerprint density at radius 3 is 2.06 bits per heavy atom. The molecule has 6 nitrogen and oxygen atoms in total. The molecule has 0 aliphatic carbocycles. The molecule has 0 aromatic heterocycles. The molecule has 0 aromatic carbocycles. The maximum Gasteiger partial charge on any atom is 0.331 e. The van der Waals surface area contributed by atoms with E-state index in [2.05, 4.69) is 14.8 Å². The summed E-state index contributed by atoms with van der Waals surface area (Å²) in [5.74, 6) is -1.57. The molecule has 0 heterocycles. The number of carbonyl (C=O) groups is 3. The summed E-state index contributed by atoms with van der Waals surface area (Å²) < 4.78 is 9.13. The Bertz CT molecular complexity index is 274. The molecule has 16 heavy (non-hydrogen) atoms. The number of hydrogen-bond donors (Lipinski definition) is 1. The summed E-state index contributed by atoms with van der Waals surface area (Å²) in [5.41, 5.74) is 0. The second-order valence-electron chi connectivity index (χ2n) is 3.64. The van der Waals surface area contributed by atoms with Crippen molar-refractivity contribution in [1.82, 2.24) is 5.32 Å². The van der Waals surface area contributed by atoms with Gasteiger partial charge < -0.3 is 14.8 Å². The molecule has 0 aliphatic heterocycles. The van der Waals surface area contributed by atoms with E-state index in [1.165, 1.54) is 13.8 Å². The zero-order valence-corrected chi connectivity index (χ0v) is 9.90. The third kappa shape index (κ3) is 6.00. The van der Waals surface area contributed by atoms with Crippen LogP contribution in [0.5, 0.6) is 0 Å². The minimum Gasteiger partial charge on any atom is -0.428 e. The van der Waals surface area contributed by atoms with Gasteiger partial charge in [-0.15, -0.1) is 0 Å². The molecular weight excluding hydrogens is 214 g/mol. The van der Waals surface area contributed by atoms with Gasteiger partial charge >= 0.3 is 11.9 Å². The lowest BCUT2D eigenvalue weighted by Gasteiger charge is -2.19. The van der Waals surface area contributed by atoms with Crippen LogP contribution >= 0.6 is 0 Å². The number of carbonyl (C=O) groups excluding carboxylic acids is 3. The normalized spacial score (nSPS) is 11.8. The molecular formula is C10H17NO5. The van der Waals surface area contributed by atoms with Gasteiger partial charge in [0.25, 0.3) is 0 Å². The number of nitrogens with one attached hydrogen (secondary N) is 1. The van der Waals surface area contributed by atoms with Gasteiger partial charge in [0.2, 0.25) is 12.7 Å². The number of esters is 2. The lowest BCUT2D eigenvalue weighted by atomic mass is 10.1. The van der Waals surface area contributed by atoms with Crippen molar-refractivity contribution in [2.45, 2.75) is 33.7 Å². The van der Waals surface area contributed by atoms with E-state index in [-0.39, 0.29) is 11.8 Å². The molecule has 1 amide bonds. The third-order valence-electron chi connectivity index (χ3n) is 1.74. The molecule has 0 saturated carbocycles. The summed E-state index contributed by atoms with van der Waals surface area (Å²) in [5, 5.41) is 2.46. The zero-order valence-electron chi connectivity index (χ0n) is 9.90. The molecule has 0 saturated heterocycles. The fraction of sp³-hybridized carbons (Fsp3) is 0.700. The minimum absolute atomic E-state index is 0.103. The molecule has 6 heteroatoms. The van der Waals surface area contributed by atoms with Crippen LogP contribution in [-0.2, 0) is 23.9 Å². The van der Waals surface area contributed by atoms with Crippen molar-refractivity contribution >= 4 is 17.8 Å². The second-order valence-corrected chi connectivity index (χ2v) is 3.64. The van der Waals surface area contributed by atoms with Crippen LogP contribution in [0.25, 0.3) is 0 Å².